The van der Waals surface area contributed by atoms with Gasteiger partial charge in [0.25, 0.3) is 0 Å². The summed E-state index contributed by atoms with van der Waals surface area (Å²) in [6.07, 6.45) is 2.06. The summed E-state index contributed by atoms with van der Waals surface area (Å²) >= 11 is 0. The molecule has 3 heteroatoms. The third-order valence-electron chi connectivity index (χ3n) is 3.39. The number of fused-ring (bicyclic) bond motifs is 1. The molecule has 0 aliphatic heterocycles. The molecule has 0 bridgehead atoms. The molecule has 3 N–H and O–H groups in total. The van der Waals surface area contributed by atoms with Gasteiger partial charge >= 0.3 is 0 Å². The number of phenolic OH excluding ortho intramolecular Hbond substituents is 1. The number of phenols is 1. The fraction of sp³-hybridized carbons (Fsp3) is 0.125. The molecule has 96 valence electrons. The Bertz CT molecular complexity index is 716. The molecule has 1 heterocycles. The summed E-state index contributed by atoms with van der Waals surface area (Å²) in [6.45, 7) is 1.29. The Morgan fingerprint density at radius 1 is 1.05 bits per heavy atom. The van der Waals surface area contributed by atoms with Crippen LogP contribution in [0.25, 0.3) is 10.9 Å². The average molecular weight is 252 g/mol. The Morgan fingerprint density at radius 2 is 1.89 bits per heavy atom. The second-order valence-corrected chi connectivity index (χ2v) is 4.67. The summed E-state index contributed by atoms with van der Waals surface area (Å²) in [5.41, 5.74) is 9.17. The monoisotopic (exact) mass is 252 g/mol. The first-order chi connectivity index (χ1) is 9.28. The Morgan fingerprint density at radius 3 is 2.68 bits per heavy atom. The predicted octanol–water partition coefficient (Wildman–Crippen LogP) is 2.85. The Balaban J connectivity index is 2.02. The van der Waals surface area contributed by atoms with Gasteiger partial charge in [-0.1, -0.05) is 24.3 Å². The molecule has 0 saturated heterocycles. The number of aromatic hydroxyl groups is 1. The smallest absolute Gasteiger partial charge is 0.115 e. The van der Waals surface area contributed by atoms with Crippen LogP contribution in [0.5, 0.6) is 5.75 Å². The van der Waals surface area contributed by atoms with Gasteiger partial charge in [0.1, 0.15) is 5.75 Å². The van der Waals surface area contributed by atoms with E-state index in [9.17, 15) is 5.11 Å². The van der Waals surface area contributed by atoms with E-state index in [-0.39, 0.29) is 0 Å². The molecule has 0 radical (unpaired) electrons. The van der Waals surface area contributed by atoms with Crippen molar-refractivity contribution in [1.29, 1.82) is 0 Å². The van der Waals surface area contributed by atoms with Crippen molar-refractivity contribution in [2.45, 2.75) is 13.1 Å². The number of aromatic nitrogens is 1. The van der Waals surface area contributed by atoms with E-state index in [1.807, 2.05) is 18.2 Å². The molecule has 0 aliphatic rings. The molecule has 0 saturated carbocycles. The molecule has 3 rings (SSSR count). The van der Waals surface area contributed by atoms with Gasteiger partial charge in [-0.2, -0.15) is 0 Å². The Labute approximate surface area is 111 Å². The Kier molecular flexibility index (Phi) is 2.97. The summed E-state index contributed by atoms with van der Waals surface area (Å²) < 4.78 is 2.17. The highest BCUT2D eigenvalue weighted by Crippen LogP contribution is 2.21. The van der Waals surface area contributed by atoms with E-state index in [1.54, 1.807) is 12.1 Å². The minimum absolute atomic E-state index is 0.302. The quantitative estimate of drug-likeness (QED) is 0.753. The first kappa shape index (κ1) is 11.8. The van der Waals surface area contributed by atoms with Crippen molar-refractivity contribution in [2.75, 3.05) is 0 Å². The second kappa shape index (κ2) is 4.78. The summed E-state index contributed by atoms with van der Waals surface area (Å²) in [6, 6.07) is 15.6. The molecule has 0 aliphatic carbocycles. The summed E-state index contributed by atoms with van der Waals surface area (Å²) in [4.78, 5) is 0. The predicted molar refractivity (Wildman–Crippen MR) is 77.0 cm³/mol. The van der Waals surface area contributed by atoms with Crippen molar-refractivity contribution >= 4 is 10.9 Å². The van der Waals surface area contributed by atoms with Gasteiger partial charge < -0.3 is 15.4 Å². The molecule has 1 aromatic heterocycles. The lowest BCUT2D eigenvalue weighted by molar-refractivity contribution is 0.474. The van der Waals surface area contributed by atoms with Crippen molar-refractivity contribution in [3.8, 4) is 5.75 Å². The highest BCUT2D eigenvalue weighted by atomic mass is 16.3. The zero-order chi connectivity index (χ0) is 13.2. The normalized spacial score (nSPS) is 11.0. The van der Waals surface area contributed by atoms with Crippen LogP contribution in [0.1, 0.15) is 11.1 Å². The topological polar surface area (TPSA) is 51.2 Å². The van der Waals surface area contributed by atoms with Crippen LogP contribution in [0, 0.1) is 0 Å². The average Bonchev–Trinajstić information content (AvgIpc) is 2.82. The zero-order valence-electron chi connectivity index (χ0n) is 10.6. The lowest BCUT2D eigenvalue weighted by Crippen LogP contribution is -1.99. The molecule has 3 nitrogen and oxygen atoms in total. The maximum Gasteiger partial charge on any atom is 0.115 e. The van der Waals surface area contributed by atoms with Crippen LogP contribution in [-0.4, -0.2) is 9.67 Å². The van der Waals surface area contributed by atoms with E-state index in [0.717, 1.165) is 17.7 Å². The largest absolute Gasteiger partial charge is 0.508 e. The summed E-state index contributed by atoms with van der Waals surface area (Å²) in [7, 11) is 0. The minimum atomic E-state index is 0.302. The highest BCUT2D eigenvalue weighted by molar-refractivity contribution is 5.83. The fourth-order valence-corrected chi connectivity index (χ4v) is 2.45. The third kappa shape index (κ3) is 2.20. The van der Waals surface area contributed by atoms with Gasteiger partial charge in [0.15, 0.2) is 0 Å². The SMILES string of the molecule is NCc1cccc2c1ccn2Cc1cccc(O)c1. The van der Waals surface area contributed by atoms with Gasteiger partial charge in [-0.25, -0.2) is 0 Å². The van der Waals surface area contributed by atoms with Crippen molar-refractivity contribution in [1.82, 2.24) is 4.57 Å². The van der Waals surface area contributed by atoms with Crippen LogP contribution in [0.15, 0.2) is 54.7 Å². The van der Waals surface area contributed by atoms with Gasteiger partial charge in [-0.15, -0.1) is 0 Å². The molecule has 0 atom stereocenters. The maximum absolute atomic E-state index is 9.51. The first-order valence-electron chi connectivity index (χ1n) is 6.32. The molecular weight excluding hydrogens is 236 g/mol. The van der Waals surface area contributed by atoms with Crippen LogP contribution in [-0.2, 0) is 13.1 Å². The fourth-order valence-electron chi connectivity index (χ4n) is 2.45. The lowest BCUT2D eigenvalue weighted by Gasteiger charge is -2.07. The minimum Gasteiger partial charge on any atom is -0.508 e. The van der Waals surface area contributed by atoms with E-state index in [2.05, 4.69) is 29.0 Å². The highest BCUT2D eigenvalue weighted by Gasteiger charge is 2.05. The number of nitrogens with two attached hydrogens (primary N) is 1. The lowest BCUT2D eigenvalue weighted by atomic mass is 10.1. The zero-order valence-corrected chi connectivity index (χ0v) is 10.6. The molecule has 19 heavy (non-hydrogen) atoms. The first-order valence-corrected chi connectivity index (χ1v) is 6.32. The van der Waals surface area contributed by atoms with Crippen LogP contribution in [0.3, 0.4) is 0 Å². The molecule has 0 spiro atoms. The van der Waals surface area contributed by atoms with Crippen molar-refractivity contribution in [2.24, 2.45) is 5.73 Å². The van der Waals surface area contributed by atoms with Gasteiger partial charge in [-0.3, -0.25) is 0 Å². The maximum atomic E-state index is 9.51. The summed E-state index contributed by atoms with van der Waals surface area (Å²) in [5, 5.41) is 10.7. The number of nitrogens with zero attached hydrogens (tertiary/aromatic N) is 1. The van der Waals surface area contributed by atoms with Crippen molar-refractivity contribution < 1.29 is 5.11 Å². The van der Waals surface area contributed by atoms with Gasteiger partial charge in [-0.05, 0) is 35.4 Å². The molecular formula is C16H16N2O. The molecule has 0 amide bonds. The van der Waals surface area contributed by atoms with Crippen molar-refractivity contribution in [3.63, 3.8) is 0 Å². The summed E-state index contributed by atoms with van der Waals surface area (Å²) in [5.74, 6) is 0.302. The van der Waals surface area contributed by atoms with E-state index in [4.69, 9.17) is 5.73 Å². The number of benzene rings is 2. The second-order valence-electron chi connectivity index (χ2n) is 4.67. The van der Waals surface area contributed by atoms with E-state index >= 15 is 0 Å². The van der Waals surface area contributed by atoms with Crippen LogP contribution >= 0.6 is 0 Å². The third-order valence-corrected chi connectivity index (χ3v) is 3.39. The van der Waals surface area contributed by atoms with Gasteiger partial charge in [0, 0.05) is 30.2 Å². The van der Waals surface area contributed by atoms with Gasteiger partial charge in [0.05, 0.1) is 0 Å². The van der Waals surface area contributed by atoms with E-state index in [1.165, 1.54) is 10.9 Å². The molecule has 2 aromatic carbocycles. The number of hydrogen-bond donors (Lipinski definition) is 2. The standard InChI is InChI=1S/C16H16N2O/c17-10-13-4-2-6-16-15(13)7-8-18(16)11-12-3-1-5-14(19)9-12/h1-9,19H,10-11,17H2. The molecule has 0 fully saturated rings. The number of rotatable bonds is 3. The van der Waals surface area contributed by atoms with Crippen molar-refractivity contribution in [3.05, 3.63) is 65.9 Å². The van der Waals surface area contributed by atoms with Crippen LogP contribution in [0.4, 0.5) is 0 Å². The molecule has 3 aromatic rings. The van der Waals surface area contributed by atoms with Gasteiger partial charge in [0.2, 0.25) is 0 Å². The van der Waals surface area contributed by atoms with E-state index < -0.39 is 0 Å². The van der Waals surface area contributed by atoms with Crippen LogP contribution in [0.2, 0.25) is 0 Å². The van der Waals surface area contributed by atoms with Crippen LogP contribution < -0.4 is 5.73 Å². The molecule has 0 unspecified atom stereocenters. The Hall–Kier alpha value is -2.26. The van der Waals surface area contributed by atoms with E-state index in [0.29, 0.717) is 12.3 Å². The number of hydrogen-bond acceptors (Lipinski definition) is 2.